The van der Waals surface area contributed by atoms with Crippen molar-refractivity contribution in [2.24, 2.45) is 0 Å². The molecule has 0 radical (unpaired) electrons. The van der Waals surface area contributed by atoms with Gasteiger partial charge in [-0.05, 0) is 12.8 Å². The van der Waals surface area contributed by atoms with Crippen LogP contribution in [0.3, 0.4) is 0 Å². The lowest BCUT2D eigenvalue weighted by Crippen LogP contribution is -2.50. The SMILES string of the molecule is CCCCCCCCCCCCCCCCCCCCCCCC(O)C(=O)NC(CS(=O)(=O)O)C(O)CCCCCCCC. The average Bonchev–Trinajstić information content (AvgIpc) is 2.98. The van der Waals surface area contributed by atoms with Crippen LogP contribution in [0.25, 0.3) is 0 Å². The molecule has 0 aromatic carbocycles. The number of unbranched alkanes of at least 4 members (excludes halogenated alkanes) is 25. The number of aliphatic hydroxyl groups is 2. The second kappa shape index (κ2) is 30.9. The van der Waals surface area contributed by atoms with Gasteiger partial charge in [0, 0.05) is 0 Å². The molecule has 0 heterocycles. The Hall–Kier alpha value is -0.700. The fourth-order valence-electron chi connectivity index (χ4n) is 5.99. The third-order valence-corrected chi connectivity index (χ3v) is 9.70. The van der Waals surface area contributed by atoms with Gasteiger partial charge in [-0.2, -0.15) is 8.42 Å². The molecule has 8 heteroatoms. The van der Waals surface area contributed by atoms with E-state index in [0.29, 0.717) is 19.3 Å². The van der Waals surface area contributed by atoms with Crippen molar-refractivity contribution in [3.63, 3.8) is 0 Å². The van der Waals surface area contributed by atoms with Crippen molar-refractivity contribution in [1.29, 1.82) is 0 Å². The number of carbonyl (C=O) groups excluding carboxylic acids is 1. The summed E-state index contributed by atoms with van der Waals surface area (Å²) in [4.78, 5) is 12.5. The van der Waals surface area contributed by atoms with Gasteiger partial charge in [0.15, 0.2) is 0 Å². The average molecular weight is 648 g/mol. The maximum Gasteiger partial charge on any atom is 0.266 e. The van der Waals surface area contributed by atoms with Gasteiger partial charge in [-0.15, -0.1) is 0 Å². The fourth-order valence-corrected chi connectivity index (χ4v) is 6.75. The molecule has 0 aromatic rings. The molecule has 0 spiro atoms. The summed E-state index contributed by atoms with van der Waals surface area (Å²) < 4.78 is 32.2. The summed E-state index contributed by atoms with van der Waals surface area (Å²) in [5.74, 6) is -1.45. The Balaban J connectivity index is 3.78. The summed E-state index contributed by atoms with van der Waals surface area (Å²) >= 11 is 0. The van der Waals surface area contributed by atoms with Crippen molar-refractivity contribution in [3.8, 4) is 0 Å². The van der Waals surface area contributed by atoms with Crippen molar-refractivity contribution >= 4 is 16.0 Å². The van der Waals surface area contributed by atoms with Crippen molar-refractivity contribution < 1.29 is 28.0 Å². The Bertz CT molecular complexity index is 732. The molecule has 44 heavy (non-hydrogen) atoms. The molecule has 0 rings (SSSR count). The monoisotopic (exact) mass is 648 g/mol. The van der Waals surface area contributed by atoms with E-state index in [4.69, 9.17) is 0 Å². The van der Waals surface area contributed by atoms with E-state index < -0.39 is 40.0 Å². The largest absolute Gasteiger partial charge is 0.391 e. The van der Waals surface area contributed by atoms with Gasteiger partial charge in [0.1, 0.15) is 6.10 Å². The van der Waals surface area contributed by atoms with Crippen LogP contribution in [-0.2, 0) is 14.9 Å². The first kappa shape index (κ1) is 43.3. The number of nitrogens with one attached hydrogen (secondary N) is 1. The lowest BCUT2D eigenvalue weighted by molar-refractivity contribution is -0.131. The Labute approximate surface area is 272 Å². The summed E-state index contributed by atoms with van der Waals surface area (Å²) in [7, 11) is -4.39. The molecule has 0 saturated heterocycles. The van der Waals surface area contributed by atoms with Gasteiger partial charge in [0.05, 0.1) is 17.9 Å². The third kappa shape index (κ3) is 30.0. The molecule has 0 fully saturated rings. The number of rotatable bonds is 34. The van der Waals surface area contributed by atoms with Crippen LogP contribution in [0.4, 0.5) is 0 Å². The highest BCUT2D eigenvalue weighted by atomic mass is 32.2. The standard InChI is InChI=1S/C36H73NO6S/c1-3-5-7-9-11-12-13-14-15-16-17-18-19-20-21-22-23-24-25-27-29-31-35(39)36(40)37-33(32-44(41,42)43)34(38)30-28-26-10-8-6-4-2/h33-35,38-39H,3-32H2,1-2H3,(H,37,40)(H,41,42,43). The van der Waals surface area contributed by atoms with E-state index in [1.54, 1.807) is 0 Å². The molecule has 0 aliphatic rings. The quantitative estimate of drug-likeness (QED) is 0.0407. The number of carbonyl (C=O) groups is 1. The predicted molar refractivity (Wildman–Crippen MR) is 186 cm³/mol. The van der Waals surface area contributed by atoms with Crippen LogP contribution in [0.1, 0.15) is 200 Å². The Kier molecular flexibility index (Phi) is 30.4. The Morgan fingerprint density at radius 1 is 0.523 bits per heavy atom. The minimum absolute atomic E-state index is 0.303. The fraction of sp³-hybridized carbons (Fsp3) is 0.972. The zero-order valence-corrected chi connectivity index (χ0v) is 29.7. The van der Waals surface area contributed by atoms with Gasteiger partial charge < -0.3 is 15.5 Å². The van der Waals surface area contributed by atoms with E-state index in [9.17, 15) is 28.0 Å². The molecule has 0 aliphatic heterocycles. The molecule has 4 N–H and O–H groups in total. The van der Waals surface area contributed by atoms with E-state index in [-0.39, 0.29) is 0 Å². The highest BCUT2D eigenvalue weighted by Gasteiger charge is 2.28. The Morgan fingerprint density at radius 2 is 0.818 bits per heavy atom. The first-order valence-electron chi connectivity index (χ1n) is 18.8. The third-order valence-electron chi connectivity index (χ3n) is 8.92. The highest BCUT2D eigenvalue weighted by Crippen LogP contribution is 2.16. The first-order chi connectivity index (χ1) is 21.2. The number of hydrogen-bond acceptors (Lipinski definition) is 5. The lowest BCUT2D eigenvalue weighted by Gasteiger charge is -2.24. The van der Waals surface area contributed by atoms with Gasteiger partial charge in [0.25, 0.3) is 10.1 Å². The molecule has 1 amide bonds. The van der Waals surface area contributed by atoms with Crippen LogP contribution < -0.4 is 5.32 Å². The zero-order chi connectivity index (χ0) is 32.7. The summed E-state index contributed by atoms with van der Waals surface area (Å²) in [5.41, 5.74) is 0. The number of aliphatic hydroxyl groups excluding tert-OH is 2. The summed E-state index contributed by atoms with van der Waals surface area (Å²) in [5, 5.41) is 23.3. The van der Waals surface area contributed by atoms with Crippen molar-refractivity contribution in [2.75, 3.05) is 5.75 Å². The number of amides is 1. The highest BCUT2D eigenvalue weighted by molar-refractivity contribution is 7.85. The smallest absolute Gasteiger partial charge is 0.266 e. The van der Waals surface area contributed by atoms with E-state index in [1.807, 2.05) is 0 Å². The van der Waals surface area contributed by atoms with Crippen molar-refractivity contribution in [2.45, 2.75) is 218 Å². The van der Waals surface area contributed by atoms with Gasteiger partial charge in [-0.3, -0.25) is 9.35 Å². The van der Waals surface area contributed by atoms with E-state index >= 15 is 0 Å². The zero-order valence-electron chi connectivity index (χ0n) is 28.9. The van der Waals surface area contributed by atoms with Crippen LogP contribution in [0, 0.1) is 0 Å². The van der Waals surface area contributed by atoms with E-state index in [1.165, 1.54) is 122 Å². The van der Waals surface area contributed by atoms with Crippen LogP contribution in [0.5, 0.6) is 0 Å². The van der Waals surface area contributed by atoms with Crippen LogP contribution in [0.2, 0.25) is 0 Å². The minimum atomic E-state index is -4.39. The second-order valence-electron chi connectivity index (χ2n) is 13.4. The van der Waals surface area contributed by atoms with Gasteiger partial charge in [-0.1, -0.05) is 187 Å². The maximum absolute atomic E-state index is 12.5. The van der Waals surface area contributed by atoms with Crippen LogP contribution in [0.15, 0.2) is 0 Å². The summed E-state index contributed by atoms with van der Waals surface area (Å²) in [6.45, 7) is 4.42. The molecule has 0 aliphatic carbocycles. The molecule has 0 bridgehead atoms. The number of hydrogen-bond donors (Lipinski definition) is 4. The molecule has 7 nitrogen and oxygen atoms in total. The van der Waals surface area contributed by atoms with E-state index in [0.717, 1.165) is 44.9 Å². The molecule has 0 aromatic heterocycles. The molecule has 3 atom stereocenters. The molecular weight excluding hydrogens is 574 g/mol. The summed E-state index contributed by atoms with van der Waals surface area (Å²) in [6.07, 6.45) is 31.7. The maximum atomic E-state index is 12.5. The molecule has 264 valence electrons. The predicted octanol–water partition coefficient (Wildman–Crippen LogP) is 9.43. The van der Waals surface area contributed by atoms with Crippen molar-refractivity contribution in [1.82, 2.24) is 5.32 Å². The molecule has 3 unspecified atom stereocenters. The van der Waals surface area contributed by atoms with Gasteiger partial charge >= 0.3 is 0 Å². The topological polar surface area (TPSA) is 124 Å². The minimum Gasteiger partial charge on any atom is -0.391 e. The molecule has 0 saturated carbocycles. The van der Waals surface area contributed by atoms with E-state index in [2.05, 4.69) is 19.2 Å². The Morgan fingerprint density at radius 3 is 1.14 bits per heavy atom. The van der Waals surface area contributed by atoms with Crippen LogP contribution >= 0.6 is 0 Å². The second-order valence-corrected chi connectivity index (χ2v) is 14.9. The normalized spacial score (nSPS) is 14.0. The molecular formula is C36H73NO6S. The lowest BCUT2D eigenvalue weighted by atomic mass is 10.0. The summed E-state index contributed by atoms with van der Waals surface area (Å²) in [6, 6.07) is -1.14. The first-order valence-corrected chi connectivity index (χ1v) is 20.4. The van der Waals surface area contributed by atoms with Gasteiger partial charge in [-0.25, -0.2) is 0 Å². The van der Waals surface area contributed by atoms with Crippen LogP contribution in [-0.4, -0.2) is 53.1 Å². The van der Waals surface area contributed by atoms with Crippen molar-refractivity contribution in [3.05, 3.63) is 0 Å². The van der Waals surface area contributed by atoms with Gasteiger partial charge in [0.2, 0.25) is 5.91 Å².